The van der Waals surface area contributed by atoms with Gasteiger partial charge in [-0.25, -0.2) is 0 Å². The van der Waals surface area contributed by atoms with Crippen LogP contribution in [-0.4, -0.2) is 66.1 Å². The minimum atomic E-state index is -0.396. The van der Waals surface area contributed by atoms with Crippen LogP contribution in [0.15, 0.2) is 0 Å². The zero-order valence-electron chi connectivity index (χ0n) is 12.4. The van der Waals surface area contributed by atoms with Crippen LogP contribution < -0.4 is 0 Å². The molecule has 106 valence electrons. The van der Waals surface area contributed by atoms with Crippen LogP contribution in [0.1, 0.15) is 33.6 Å². The van der Waals surface area contributed by atoms with Crippen molar-refractivity contribution in [3.05, 3.63) is 0 Å². The average molecular weight is 256 g/mol. The van der Waals surface area contributed by atoms with Crippen LogP contribution in [0.5, 0.6) is 0 Å². The minimum Gasteiger partial charge on any atom is -0.379 e. The number of hydrogen-bond acceptors (Lipinski definition) is 4. The first-order chi connectivity index (χ1) is 8.31. The molecule has 1 saturated carbocycles. The third kappa shape index (κ3) is 2.57. The summed E-state index contributed by atoms with van der Waals surface area (Å²) in [6.07, 6.45) is 1.99. The fourth-order valence-corrected chi connectivity index (χ4v) is 3.39. The monoisotopic (exact) mass is 256 g/mol. The lowest BCUT2D eigenvalue weighted by molar-refractivity contribution is -0.0934. The van der Waals surface area contributed by atoms with Gasteiger partial charge in [0.05, 0.1) is 5.60 Å². The SMILES string of the molecule is COC(C)(C)CN(C(C)O)C12CCN(C)CC1C2. The van der Waals surface area contributed by atoms with Crippen LogP contribution >= 0.6 is 0 Å². The van der Waals surface area contributed by atoms with Crippen molar-refractivity contribution in [3.8, 4) is 0 Å². The summed E-state index contributed by atoms with van der Waals surface area (Å²) in [6.45, 7) is 9.15. The lowest BCUT2D eigenvalue weighted by Gasteiger charge is -2.43. The molecule has 0 radical (unpaired) electrons. The number of aliphatic hydroxyl groups excluding tert-OH is 1. The van der Waals surface area contributed by atoms with E-state index in [4.69, 9.17) is 4.74 Å². The number of piperidine rings is 1. The fraction of sp³-hybridized carbons (Fsp3) is 1.00. The van der Waals surface area contributed by atoms with Crippen molar-refractivity contribution in [2.24, 2.45) is 5.92 Å². The number of aliphatic hydroxyl groups is 1. The van der Waals surface area contributed by atoms with E-state index in [-0.39, 0.29) is 11.1 Å². The third-order valence-corrected chi connectivity index (χ3v) is 4.78. The van der Waals surface area contributed by atoms with Crippen LogP contribution in [0, 0.1) is 5.92 Å². The molecule has 0 aromatic rings. The second kappa shape index (κ2) is 4.75. The molecule has 2 aliphatic rings. The normalized spacial score (nSPS) is 34.5. The van der Waals surface area contributed by atoms with E-state index in [2.05, 4.69) is 30.7 Å². The maximum Gasteiger partial charge on any atom is 0.105 e. The quantitative estimate of drug-likeness (QED) is 0.749. The Morgan fingerprint density at radius 2 is 2.22 bits per heavy atom. The van der Waals surface area contributed by atoms with Gasteiger partial charge in [0.25, 0.3) is 0 Å². The van der Waals surface area contributed by atoms with Crippen LogP contribution in [0.25, 0.3) is 0 Å². The first kappa shape index (κ1) is 14.3. The Morgan fingerprint density at radius 3 is 2.72 bits per heavy atom. The number of ether oxygens (including phenoxy) is 1. The summed E-state index contributed by atoms with van der Waals surface area (Å²) in [6, 6.07) is 0. The molecule has 4 heteroatoms. The second-order valence-corrected chi connectivity index (χ2v) is 6.74. The topological polar surface area (TPSA) is 35.9 Å². The molecule has 4 nitrogen and oxygen atoms in total. The van der Waals surface area contributed by atoms with Gasteiger partial charge in [-0.3, -0.25) is 4.90 Å². The Labute approximate surface area is 111 Å². The summed E-state index contributed by atoms with van der Waals surface area (Å²) in [4.78, 5) is 4.67. The summed E-state index contributed by atoms with van der Waals surface area (Å²) in [5, 5.41) is 10.1. The molecule has 18 heavy (non-hydrogen) atoms. The predicted octanol–water partition coefficient (Wildman–Crippen LogP) is 1.15. The van der Waals surface area contributed by atoms with Crippen LogP contribution in [-0.2, 0) is 4.74 Å². The van der Waals surface area contributed by atoms with E-state index < -0.39 is 6.23 Å². The molecule has 1 N–H and O–H groups in total. The van der Waals surface area contributed by atoms with Crippen molar-refractivity contribution >= 4 is 0 Å². The average Bonchev–Trinajstić information content (AvgIpc) is 3.00. The van der Waals surface area contributed by atoms with Gasteiger partial charge in [0, 0.05) is 25.7 Å². The molecule has 0 aromatic heterocycles. The number of hydrogen-bond donors (Lipinski definition) is 1. The Balaban J connectivity index is 2.08. The van der Waals surface area contributed by atoms with E-state index in [1.807, 2.05) is 6.92 Å². The lowest BCUT2D eigenvalue weighted by Crippen LogP contribution is -2.54. The molecule has 3 atom stereocenters. The van der Waals surface area contributed by atoms with Gasteiger partial charge in [0.15, 0.2) is 0 Å². The van der Waals surface area contributed by atoms with E-state index >= 15 is 0 Å². The van der Waals surface area contributed by atoms with Crippen molar-refractivity contribution in [3.63, 3.8) is 0 Å². The van der Waals surface area contributed by atoms with E-state index in [1.165, 1.54) is 12.8 Å². The summed E-state index contributed by atoms with van der Waals surface area (Å²) in [7, 11) is 3.94. The van der Waals surface area contributed by atoms with Crippen molar-refractivity contribution in [1.82, 2.24) is 9.80 Å². The van der Waals surface area contributed by atoms with E-state index in [0.29, 0.717) is 0 Å². The Hall–Kier alpha value is -0.160. The van der Waals surface area contributed by atoms with E-state index in [1.54, 1.807) is 7.11 Å². The van der Waals surface area contributed by atoms with Crippen molar-refractivity contribution in [1.29, 1.82) is 0 Å². The molecule has 0 bridgehead atoms. The molecule has 0 amide bonds. The van der Waals surface area contributed by atoms with Gasteiger partial charge in [-0.2, -0.15) is 0 Å². The summed E-state index contributed by atoms with van der Waals surface area (Å²) < 4.78 is 5.53. The summed E-state index contributed by atoms with van der Waals surface area (Å²) >= 11 is 0. The van der Waals surface area contributed by atoms with Crippen LogP contribution in [0.2, 0.25) is 0 Å². The van der Waals surface area contributed by atoms with Crippen molar-refractivity contribution < 1.29 is 9.84 Å². The van der Waals surface area contributed by atoms with Crippen LogP contribution in [0.3, 0.4) is 0 Å². The highest BCUT2D eigenvalue weighted by Gasteiger charge is 2.60. The summed E-state index contributed by atoms with van der Waals surface area (Å²) in [5.41, 5.74) is 0.0265. The van der Waals surface area contributed by atoms with Gasteiger partial charge in [-0.1, -0.05) is 0 Å². The number of nitrogens with zero attached hydrogens (tertiary/aromatic N) is 2. The number of methoxy groups -OCH3 is 1. The Morgan fingerprint density at radius 1 is 1.56 bits per heavy atom. The molecule has 2 rings (SSSR count). The van der Waals surface area contributed by atoms with Crippen molar-refractivity contribution in [2.45, 2.75) is 51.0 Å². The number of likely N-dealkylation sites (tertiary alicyclic amines) is 1. The molecule has 1 aliphatic heterocycles. The molecule has 2 fully saturated rings. The molecule has 0 spiro atoms. The molecular weight excluding hydrogens is 228 g/mol. The van der Waals surface area contributed by atoms with Gasteiger partial charge < -0.3 is 14.7 Å². The zero-order valence-corrected chi connectivity index (χ0v) is 12.4. The van der Waals surface area contributed by atoms with Gasteiger partial charge in [-0.15, -0.1) is 0 Å². The highest BCUT2D eigenvalue weighted by atomic mass is 16.5. The van der Waals surface area contributed by atoms with Gasteiger partial charge in [-0.05, 0) is 53.1 Å². The highest BCUT2D eigenvalue weighted by Crippen LogP contribution is 2.54. The fourth-order valence-electron chi connectivity index (χ4n) is 3.39. The lowest BCUT2D eigenvalue weighted by atomic mass is 9.99. The van der Waals surface area contributed by atoms with Gasteiger partial charge in [0.2, 0.25) is 0 Å². The third-order valence-electron chi connectivity index (χ3n) is 4.78. The molecule has 1 aliphatic carbocycles. The van der Waals surface area contributed by atoms with Crippen molar-refractivity contribution in [2.75, 3.05) is 33.8 Å². The second-order valence-electron chi connectivity index (χ2n) is 6.74. The van der Waals surface area contributed by atoms with Gasteiger partial charge in [0.1, 0.15) is 6.23 Å². The minimum absolute atomic E-state index is 0.206. The number of fused-ring (bicyclic) bond motifs is 1. The predicted molar refractivity (Wildman–Crippen MR) is 72.4 cm³/mol. The first-order valence-corrected chi connectivity index (χ1v) is 6.99. The Kier molecular flexibility index (Phi) is 3.76. The summed E-state index contributed by atoms with van der Waals surface area (Å²) in [5.74, 6) is 0.721. The maximum atomic E-state index is 10.1. The first-order valence-electron chi connectivity index (χ1n) is 6.99. The largest absolute Gasteiger partial charge is 0.379 e. The maximum absolute atomic E-state index is 10.1. The standard InChI is InChI=1S/C14H28N2O2/c1-11(17)16(10-13(2,3)18-5)14-6-7-15(4)9-12(14)8-14/h11-12,17H,6-10H2,1-5H3. The molecule has 0 aromatic carbocycles. The molecule has 3 unspecified atom stereocenters. The number of rotatable bonds is 5. The highest BCUT2D eigenvalue weighted by molar-refractivity contribution is 5.15. The van der Waals surface area contributed by atoms with E-state index in [9.17, 15) is 5.11 Å². The van der Waals surface area contributed by atoms with E-state index in [0.717, 1.165) is 25.6 Å². The van der Waals surface area contributed by atoms with Crippen LogP contribution in [0.4, 0.5) is 0 Å². The smallest absolute Gasteiger partial charge is 0.105 e. The molecule has 1 heterocycles. The zero-order chi connectivity index (χ0) is 13.6. The molecule has 1 saturated heterocycles. The Bertz CT molecular complexity index is 306. The molecular formula is C14H28N2O2. The van der Waals surface area contributed by atoms with Gasteiger partial charge >= 0.3 is 0 Å².